The first kappa shape index (κ1) is 16.5. The van der Waals surface area contributed by atoms with Gasteiger partial charge in [0.1, 0.15) is 0 Å². The van der Waals surface area contributed by atoms with Crippen molar-refractivity contribution in [2.75, 3.05) is 5.73 Å². The number of hydrogen-bond donors (Lipinski definition) is 3. The third-order valence-electron chi connectivity index (χ3n) is 3.84. The first-order valence-corrected chi connectivity index (χ1v) is 7.85. The summed E-state index contributed by atoms with van der Waals surface area (Å²) in [5, 5.41) is 7.01. The highest BCUT2D eigenvalue weighted by molar-refractivity contribution is 6.01. The van der Waals surface area contributed by atoms with E-state index in [1.54, 1.807) is 22.8 Å². The van der Waals surface area contributed by atoms with E-state index in [4.69, 9.17) is 11.5 Å². The summed E-state index contributed by atoms with van der Waals surface area (Å²) in [4.78, 5) is 23.4. The molecule has 0 unspecified atom stereocenters. The number of primary amides is 1. The molecule has 2 amide bonds. The molecule has 0 aliphatic carbocycles. The zero-order valence-corrected chi connectivity index (χ0v) is 14.0. The molecule has 7 heteroatoms. The van der Waals surface area contributed by atoms with Crippen LogP contribution in [0.4, 0.5) is 5.69 Å². The van der Waals surface area contributed by atoms with Crippen LogP contribution < -0.4 is 16.8 Å². The maximum atomic E-state index is 12.0. The summed E-state index contributed by atoms with van der Waals surface area (Å²) in [6.07, 6.45) is 3.16. The minimum atomic E-state index is -0.615. The van der Waals surface area contributed by atoms with Gasteiger partial charge in [0.05, 0.1) is 23.0 Å². The standard InChI is InChI=1S/C18H19N5O2/c1-10(2)22-18(25)12-5-3-11(4-6-12)13-7-15-16(19)14(17(20)24)8-21-23(15)9-13/h3-10H,19H2,1-2H3,(H2,20,24)(H,22,25). The van der Waals surface area contributed by atoms with Gasteiger partial charge in [-0.15, -0.1) is 0 Å². The van der Waals surface area contributed by atoms with Crippen molar-refractivity contribution in [1.29, 1.82) is 0 Å². The topological polar surface area (TPSA) is 116 Å². The van der Waals surface area contributed by atoms with Crippen molar-refractivity contribution in [3.63, 3.8) is 0 Å². The number of rotatable bonds is 4. The number of nitrogen functional groups attached to an aromatic ring is 1. The van der Waals surface area contributed by atoms with E-state index < -0.39 is 5.91 Å². The van der Waals surface area contributed by atoms with Crippen LogP contribution in [0.15, 0.2) is 42.7 Å². The fourth-order valence-electron chi connectivity index (χ4n) is 2.59. The number of nitrogens with zero attached hydrogens (tertiary/aromatic N) is 2. The van der Waals surface area contributed by atoms with Gasteiger partial charge in [-0.05, 0) is 37.6 Å². The lowest BCUT2D eigenvalue weighted by atomic mass is 10.1. The number of amides is 2. The smallest absolute Gasteiger partial charge is 0.252 e. The van der Waals surface area contributed by atoms with Gasteiger partial charge in [-0.2, -0.15) is 5.10 Å². The minimum Gasteiger partial charge on any atom is -0.396 e. The van der Waals surface area contributed by atoms with Crippen LogP contribution in [-0.4, -0.2) is 27.5 Å². The number of nitrogens with two attached hydrogens (primary N) is 2. The second-order valence-corrected chi connectivity index (χ2v) is 6.10. The Morgan fingerprint density at radius 2 is 1.84 bits per heavy atom. The summed E-state index contributed by atoms with van der Waals surface area (Å²) in [5.74, 6) is -0.726. The van der Waals surface area contributed by atoms with Crippen molar-refractivity contribution in [2.45, 2.75) is 19.9 Å². The molecule has 2 heterocycles. The first-order valence-electron chi connectivity index (χ1n) is 7.85. The summed E-state index contributed by atoms with van der Waals surface area (Å²) < 4.78 is 1.59. The Morgan fingerprint density at radius 3 is 2.44 bits per heavy atom. The summed E-state index contributed by atoms with van der Waals surface area (Å²) >= 11 is 0. The van der Waals surface area contributed by atoms with Crippen LogP contribution in [0.3, 0.4) is 0 Å². The Balaban J connectivity index is 1.95. The molecule has 0 saturated heterocycles. The van der Waals surface area contributed by atoms with Crippen LogP contribution in [0.5, 0.6) is 0 Å². The highest BCUT2D eigenvalue weighted by Crippen LogP contribution is 2.26. The van der Waals surface area contributed by atoms with E-state index in [2.05, 4.69) is 10.4 Å². The Bertz CT molecular complexity index is 958. The predicted octanol–water partition coefficient (Wildman–Crippen LogP) is 1.82. The minimum absolute atomic E-state index is 0.0810. The van der Waals surface area contributed by atoms with Gasteiger partial charge in [-0.3, -0.25) is 9.59 Å². The molecule has 2 aromatic heterocycles. The Labute approximate surface area is 144 Å². The van der Waals surface area contributed by atoms with Crippen LogP contribution in [-0.2, 0) is 0 Å². The van der Waals surface area contributed by atoms with E-state index in [1.807, 2.05) is 32.0 Å². The van der Waals surface area contributed by atoms with Gasteiger partial charge in [0, 0.05) is 23.4 Å². The van der Waals surface area contributed by atoms with Gasteiger partial charge >= 0.3 is 0 Å². The van der Waals surface area contributed by atoms with Gasteiger partial charge < -0.3 is 16.8 Å². The normalized spacial score (nSPS) is 11.0. The molecular weight excluding hydrogens is 318 g/mol. The summed E-state index contributed by atoms with van der Waals surface area (Å²) in [7, 11) is 0. The molecule has 0 spiro atoms. The van der Waals surface area contributed by atoms with E-state index >= 15 is 0 Å². The number of fused-ring (bicyclic) bond motifs is 1. The van der Waals surface area contributed by atoms with Crippen molar-refractivity contribution >= 4 is 23.0 Å². The molecule has 1 aromatic carbocycles. The van der Waals surface area contributed by atoms with Crippen molar-refractivity contribution in [3.05, 3.63) is 53.9 Å². The molecule has 3 rings (SSSR count). The monoisotopic (exact) mass is 337 g/mol. The molecule has 7 nitrogen and oxygen atoms in total. The van der Waals surface area contributed by atoms with Crippen molar-refractivity contribution < 1.29 is 9.59 Å². The highest BCUT2D eigenvalue weighted by atomic mass is 16.2. The zero-order chi connectivity index (χ0) is 18.1. The van der Waals surface area contributed by atoms with Crippen LogP contribution in [0.1, 0.15) is 34.6 Å². The summed E-state index contributed by atoms with van der Waals surface area (Å²) in [6.45, 7) is 3.83. The molecule has 25 heavy (non-hydrogen) atoms. The van der Waals surface area contributed by atoms with Crippen LogP contribution in [0.25, 0.3) is 16.6 Å². The summed E-state index contributed by atoms with van der Waals surface area (Å²) in [6, 6.07) is 9.15. The van der Waals surface area contributed by atoms with Crippen molar-refractivity contribution in [2.24, 2.45) is 5.73 Å². The van der Waals surface area contributed by atoms with Crippen molar-refractivity contribution in [3.8, 4) is 11.1 Å². The molecule has 0 atom stereocenters. The number of hydrogen-bond acceptors (Lipinski definition) is 4. The van der Waals surface area contributed by atoms with Gasteiger partial charge in [0.15, 0.2) is 0 Å². The van der Waals surface area contributed by atoms with Gasteiger partial charge in [0.2, 0.25) is 0 Å². The van der Waals surface area contributed by atoms with Gasteiger partial charge in [-0.25, -0.2) is 4.52 Å². The maximum Gasteiger partial charge on any atom is 0.252 e. The Hall–Kier alpha value is -3.35. The average molecular weight is 337 g/mol. The van der Waals surface area contributed by atoms with E-state index in [0.717, 1.165) is 11.1 Å². The largest absolute Gasteiger partial charge is 0.396 e. The molecule has 0 bridgehead atoms. The van der Waals surface area contributed by atoms with Gasteiger partial charge in [-0.1, -0.05) is 12.1 Å². The molecule has 0 saturated carbocycles. The first-order chi connectivity index (χ1) is 11.9. The second-order valence-electron chi connectivity index (χ2n) is 6.10. The number of carbonyl (C=O) groups is 2. The fraction of sp³-hybridized carbons (Fsp3) is 0.167. The number of anilines is 1. The highest BCUT2D eigenvalue weighted by Gasteiger charge is 2.13. The third-order valence-corrected chi connectivity index (χ3v) is 3.84. The number of aromatic nitrogens is 2. The third kappa shape index (κ3) is 3.16. The van der Waals surface area contributed by atoms with Crippen LogP contribution >= 0.6 is 0 Å². The molecule has 0 aliphatic heterocycles. The quantitative estimate of drug-likeness (QED) is 0.673. The van der Waals surface area contributed by atoms with Crippen LogP contribution in [0.2, 0.25) is 0 Å². The Kier molecular flexibility index (Phi) is 4.14. The average Bonchev–Trinajstić information content (AvgIpc) is 2.99. The lowest BCUT2D eigenvalue weighted by molar-refractivity contribution is 0.0942. The predicted molar refractivity (Wildman–Crippen MR) is 96.2 cm³/mol. The molecule has 3 aromatic rings. The summed E-state index contributed by atoms with van der Waals surface area (Å²) in [5.41, 5.74) is 14.8. The molecule has 0 radical (unpaired) electrons. The number of nitrogens with one attached hydrogen (secondary N) is 1. The van der Waals surface area contributed by atoms with Crippen LogP contribution in [0, 0.1) is 0 Å². The lowest BCUT2D eigenvalue weighted by Gasteiger charge is -2.08. The zero-order valence-electron chi connectivity index (χ0n) is 14.0. The van der Waals surface area contributed by atoms with E-state index in [9.17, 15) is 9.59 Å². The maximum absolute atomic E-state index is 12.0. The number of benzene rings is 1. The molecule has 5 N–H and O–H groups in total. The molecule has 0 fully saturated rings. The second kappa shape index (κ2) is 6.27. The SMILES string of the molecule is CC(C)NC(=O)c1ccc(-c2cc3c(N)c(C(N)=O)cnn3c2)cc1. The van der Waals surface area contributed by atoms with Crippen molar-refractivity contribution in [1.82, 2.24) is 14.9 Å². The molecule has 128 valence electrons. The van der Waals surface area contributed by atoms with E-state index in [0.29, 0.717) is 16.8 Å². The Morgan fingerprint density at radius 1 is 1.16 bits per heavy atom. The van der Waals surface area contributed by atoms with E-state index in [-0.39, 0.29) is 17.5 Å². The molecule has 0 aliphatic rings. The lowest BCUT2D eigenvalue weighted by Crippen LogP contribution is -2.29. The number of carbonyl (C=O) groups excluding carboxylic acids is 2. The molecular formula is C18H19N5O2. The van der Waals surface area contributed by atoms with E-state index in [1.165, 1.54) is 6.20 Å². The fourth-order valence-corrected chi connectivity index (χ4v) is 2.59. The van der Waals surface area contributed by atoms with Gasteiger partial charge in [0.25, 0.3) is 11.8 Å².